The first-order chi connectivity index (χ1) is 21.3. The number of ether oxygens (including phenoxy) is 2. The van der Waals surface area contributed by atoms with Crippen LogP contribution in [0.1, 0.15) is 31.7 Å². The molecule has 7 rings (SSSR count). The van der Waals surface area contributed by atoms with Gasteiger partial charge in [-0.1, -0.05) is 13.0 Å². The van der Waals surface area contributed by atoms with E-state index in [1.165, 1.54) is 24.4 Å². The van der Waals surface area contributed by atoms with E-state index in [-0.39, 0.29) is 58.9 Å². The van der Waals surface area contributed by atoms with Crippen LogP contribution >= 0.6 is 0 Å². The molecule has 4 aromatic rings. The van der Waals surface area contributed by atoms with Crippen LogP contribution in [0.15, 0.2) is 30.5 Å². The highest BCUT2D eigenvalue weighted by atomic mass is 19.1. The van der Waals surface area contributed by atoms with Gasteiger partial charge in [-0.15, -0.1) is 0 Å². The summed E-state index contributed by atoms with van der Waals surface area (Å²) in [5.74, 6) is -1.27. The van der Waals surface area contributed by atoms with Gasteiger partial charge in [-0.2, -0.15) is 9.97 Å². The molecule has 232 valence electrons. The molecule has 4 atom stereocenters. The van der Waals surface area contributed by atoms with Gasteiger partial charge in [-0.25, -0.2) is 13.2 Å². The second kappa shape index (κ2) is 11.3. The SMILES string of the molecule is CCc1c(F)ccc2cc(O)cc(-c3ncc4c(NC[C@@H]5COC[C@@H]5O)nc(OCC56CCCN5C[C@H](F)C6)nc4c3F)c12. The van der Waals surface area contributed by atoms with Crippen molar-refractivity contribution in [1.29, 1.82) is 0 Å². The number of aliphatic hydroxyl groups is 1. The lowest BCUT2D eigenvalue weighted by Crippen LogP contribution is -2.43. The largest absolute Gasteiger partial charge is 0.508 e. The maximum atomic E-state index is 16.6. The number of benzene rings is 2. The van der Waals surface area contributed by atoms with Crippen molar-refractivity contribution in [3.8, 4) is 23.0 Å². The Hall–Kier alpha value is -3.74. The molecular weight excluding hydrogens is 575 g/mol. The summed E-state index contributed by atoms with van der Waals surface area (Å²) >= 11 is 0. The molecule has 3 aliphatic rings. The van der Waals surface area contributed by atoms with Crippen molar-refractivity contribution in [3.63, 3.8) is 0 Å². The molecule has 0 amide bonds. The second-order valence-corrected chi connectivity index (χ2v) is 12.1. The quantitative estimate of drug-likeness (QED) is 0.260. The van der Waals surface area contributed by atoms with Gasteiger partial charge >= 0.3 is 6.01 Å². The Morgan fingerprint density at radius 1 is 1.20 bits per heavy atom. The summed E-state index contributed by atoms with van der Waals surface area (Å²) in [4.78, 5) is 15.5. The Labute approximate surface area is 252 Å². The van der Waals surface area contributed by atoms with Crippen LogP contribution in [0, 0.1) is 17.6 Å². The van der Waals surface area contributed by atoms with E-state index < -0.39 is 29.4 Å². The van der Waals surface area contributed by atoms with Crippen LogP contribution in [0.3, 0.4) is 0 Å². The monoisotopic (exact) mass is 609 g/mol. The predicted molar refractivity (Wildman–Crippen MR) is 159 cm³/mol. The van der Waals surface area contributed by atoms with E-state index in [2.05, 4.69) is 25.2 Å². The van der Waals surface area contributed by atoms with Crippen LogP contribution < -0.4 is 10.1 Å². The Morgan fingerprint density at radius 3 is 2.86 bits per heavy atom. The van der Waals surface area contributed by atoms with Crippen molar-refractivity contribution in [2.45, 2.75) is 50.4 Å². The summed E-state index contributed by atoms with van der Waals surface area (Å²) in [6.45, 7) is 4.01. The normalized spacial score (nSPS) is 25.2. The fraction of sp³-hybridized carbons (Fsp3) is 0.469. The molecule has 0 spiro atoms. The van der Waals surface area contributed by atoms with Crippen molar-refractivity contribution < 1.29 is 32.9 Å². The molecule has 3 fully saturated rings. The smallest absolute Gasteiger partial charge is 0.319 e. The number of nitrogens with zero attached hydrogens (tertiary/aromatic N) is 4. The number of hydrogen-bond acceptors (Lipinski definition) is 9. The van der Waals surface area contributed by atoms with Gasteiger partial charge in [0, 0.05) is 37.2 Å². The first-order valence-electron chi connectivity index (χ1n) is 15.1. The number of fused-ring (bicyclic) bond motifs is 3. The molecule has 0 saturated carbocycles. The third-order valence-corrected chi connectivity index (χ3v) is 9.35. The Kier molecular flexibility index (Phi) is 7.46. The third-order valence-electron chi connectivity index (χ3n) is 9.35. The lowest BCUT2D eigenvalue weighted by atomic mass is 9.94. The van der Waals surface area contributed by atoms with Gasteiger partial charge < -0.3 is 25.0 Å². The van der Waals surface area contributed by atoms with E-state index in [9.17, 15) is 19.0 Å². The van der Waals surface area contributed by atoms with Crippen LogP contribution in [-0.4, -0.2) is 87.3 Å². The number of aromatic hydroxyl groups is 1. The molecule has 9 nitrogen and oxygen atoms in total. The van der Waals surface area contributed by atoms with E-state index in [0.29, 0.717) is 48.9 Å². The number of anilines is 1. The Balaban J connectivity index is 1.33. The number of pyridine rings is 1. The molecule has 0 aliphatic carbocycles. The summed E-state index contributed by atoms with van der Waals surface area (Å²) in [7, 11) is 0. The van der Waals surface area contributed by atoms with Crippen molar-refractivity contribution in [2.75, 3.05) is 44.8 Å². The van der Waals surface area contributed by atoms with E-state index in [1.54, 1.807) is 13.0 Å². The molecule has 3 saturated heterocycles. The molecule has 0 bridgehead atoms. The fourth-order valence-electron chi connectivity index (χ4n) is 7.11. The molecule has 44 heavy (non-hydrogen) atoms. The van der Waals surface area contributed by atoms with Crippen LogP contribution in [0.2, 0.25) is 0 Å². The van der Waals surface area contributed by atoms with Crippen molar-refractivity contribution in [1.82, 2.24) is 19.9 Å². The number of halogens is 3. The molecule has 5 heterocycles. The van der Waals surface area contributed by atoms with Crippen LogP contribution in [0.5, 0.6) is 11.8 Å². The zero-order valence-corrected chi connectivity index (χ0v) is 24.3. The Bertz CT molecular complexity index is 1740. The summed E-state index contributed by atoms with van der Waals surface area (Å²) in [5, 5.41) is 25.2. The lowest BCUT2D eigenvalue weighted by Gasteiger charge is -2.30. The van der Waals surface area contributed by atoms with Gasteiger partial charge in [0.1, 0.15) is 41.4 Å². The van der Waals surface area contributed by atoms with Crippen LogP contribution in [0.25, 0.3) is 32.9 Å². The number of alkyl halides is 1. The molecule has 3 aliphatic heterocycles. The highest BCUT2D eigenvalue weighted by molar-refractivity contribution is 6.01. The average Bonchev–Trinajstić information content (AvgIpc) is 3.68. The number of hydrogen-bond donors (Lipinski definition) is 3. The molecule has 0 radical (unpaired) electrons. The van der Waals surface area contributed by atoms with Gasteiger partial charge in [-0.3, -0.25) is 9.88 Å². The first-order valence-corrected chi connectivity index (χ1v) is 15.1. The number of phenolic OH excluding ortho intramolecular Hbond substituents is 1. The molecule has 2 aromatic heterocycles. The second-order valence-electron chi connectivity index (χ2n) is 12.1. The number of nitrogens with one attached hydrogen (secondary N) is 1. The third kappa shape index (κ3) is 4.98. The zero-order chi connectivity index (χ0) is 30.6. The molecule has 3 N–H and O–H groups in total. The number of rotatable bonds is 8. The van der Waals surface area contributed by atoms with E-state index in [4.69, 9.17) is 9.47 Å². The fourth-order valence-corrected chi connectivity index (χ4v) is 7.11. The molecule has 2 aromatic carbocycles. The van der Waals surface area contributed by atoms with Crippen molar-refractivity contribution in [2.24, 2.45) is 5.92 Å². The average molecular weight is 610 g/mol. The summed E-state index contributed by atoms with van der Waals surface area (Å²) in [6, 6.07) is 5.67. The van der Waals surface area contributed by atoms with Gasteiger partial charge in [-0.05, 0) is 60.3 Å². The maximum absolute atomic E-state index is 16.6. The summed E-state index contributed by atoms with van der Waals surface area (Å²) < 4.78 is 57.3. The van der Waals surface area contributed by atoms with Gasteiger partial charge in [0.2, 0.25) is 0 Å². The van der Waals surface area contributed by atoms with Gasteiger partial charge in [0.25, 0.3) is 0 Å². The first kappa shape index (κ1) is 29.0. The number of aryl methyl sites for hydroxylation is 1. The Morgan fingerprint density at radius 2 is 2.07 bits per heavy atom. The summed E-state index contributed by atoms with van der Waals surface area (Å²) in [5.41, 5.74) is -0.0243. The molecule has 12 heteroatoms. The maximum Gasteiger partial charge on any atom is 0.319 e. The molecule has 1 unspecified atom stereocenters. The van der Waals surface area contributed by atoms with Gasteiger partial charge in [0.05, 0.1) is 30.2 Å². The predicted octanol–water partition coefficient (Wildman–Crippen LogP) is 4.77. The van der Waals surface area contributed by atoms with Gasteiger partial charge in [0.15, 0.2) is 5.82 Å². The highest BCUT2D eigenvalue weighted by Crippen LogP contribution is 2.41. The minimum atomic E-state index is -0.935. The topological polar surface area (TPSA) is 113 Å². The minimum absolute atomic E-state index is 0.0766. The number of phenols is 1. The lowest BCUT2D eigenvalue weighted by molar-refractivity contribution is 0.107. The minimum Gasteiger partial charge on any atom is -0.508 e. The highest BCUT2D eigenvalue weighted by Gasteiger charge is 2.49. The van der Waals surface area contributed by atoms with Crippen molar-refractivity contribution in [3.05, 3.63) is 47.7 Å². The van der Waals surface area contributed by atoms with E-state index in [0.717, 1.165) is 19.4 Å². The van der Waals surface area contributed by atoms with Crippen LogP contribution in [-0.2, 0) is 11.2 Å². The standard InChI is InChI=1S/C32H34F3N5O4/c1-2-21-24(34)5-4-17-8-20(41)9-22(26(17)21)28-27(35)29-23(12-36-28)30(37-11-18-14-43-15-25(18)42)39-31(38-29)44-16-32-6-3-7-40(32)13-19(33)10-32/h4-5,8-9,12,18-19,25,41-42H,2-3,6-7,10-11,13-16H2,1H3,(H,37,38,39)/t18-,19-,25+,32?/m1/s1. The van der Waals surface area contributed by atoms with E-state index in [1.807, 2.05) is 0 Å². The van der Waals surface area contributed by atoms with Crippen molar-refractivity contribution >= 4 is 27.5 Å². The summed E-state index contributed by atoms with van der Waals surface area (Å²) in [6.07, 6.45) is 2.28. The van der Waals surface area contributed by atoms with Crippen LogP contribution in [0.4, 0.5) is 19.0 Å². The number of aromatic nitrogens is 3. The molecular formula is C32H34F3N5O4. The zero-order valence-electron chi connectivity index (χ0n) is 24.3. The number of aliphatic hydroxyl groups excluding tert-OH is 1. The van der Waals surface area contributed by atoms with E-state index >= 15 is 4.39 Å².